The maximum atomic E-state index is 13.6. The standard InChI is InChI=1S/C19H19FN2O2/c20-16-10-5-4-9-15(16)19(24)21-13-18(23)22-12-6-11-17(22)14-7-2-1-3-8-14/h1-5,7-10,17H,6,11-13H2,(H,21,24)/t17-/m0/s1. The third-order valence-electron chi connectivity index (χ3n) is 4.28. The second kappa shape index (κ2) is 7.25. The fourth-order valence-corrected chi connectivity index (χ4v) is 3.08. The van der Waals surface area contributed by atoms with Crippen LogP contribution in [-0.2, 0) is 4.79 Å². The van der Waals surface area contributed by atoms with Crippen LogP contribution in [0.25, 0.3) is 0 Å². The molecule has 124 valence electrons. The number of hydrogen-bond donors (Lipinski definition) is 1. The van der Waals surface area contributed by atoms with Crippen LogP contribution in [0, 0.1) is 5.82 Å². The highest BCUT2D eigenvalue weighted by Crippen LogP contribution is 2.31. The monoisotopic (exact) mass is 326 g/mol. The number of carbonyl (C=O) groups excluding carboxylic acids is 2. The number of halogens is 1. The van der Waals surface area contributed by atoms with Gasteiger partial charge in [0.2, 0.25) is 5.91 Å². The molecule has 3 rings (SSSR count). The van der Waals surface area contributed by atoms with Crippen LogP contribution in [-0.4, -0.2) is 29.8 Å². The molecule has 24 heavy (non-hydrogen) atoms. The molecule has 1 N–H and O–H groups in total. The zero-order valence-electron chi connectivity index (χ0n) is 13.2. The van der Waals surface area contributed by atoms with Gasteiger partial charge in [0.25, 0.3) is 5.91 Å². The summed E-state index contributed by atoms with van der Waals surface area (Å²) in [6, 6.07) is 15.6. The summed E-state index contributed by atoms with van der Waals surface area (Å²) in [4.78, 5) is 26.3. The van der Waals surface area contributed by atoms with Gasteiger partial charge in [-0.25, -0.2) is 4.39 Å². The Bertz CT molecular complexity index is 733. The lowest BCUT2D eigenvalue weighted by Gasteiger charge is -2.25. The quantitative estimate of drug-likeness (QED) is 0.939. The minimum Gasteiger partial charge on any atom is -0.343 e. The number of nitrogens with zero attached hydrogens (tertiary/aromatic N) is 1. The number of likely N-dealkylation sites (tertiary alicyclic amines) is 1. The van der Waals surface area contributed by atoms with E-state index in [9.17, 15) is 14.0 Å². The Morgan fingerprint density at radius 1 is 1.08 bits per heavy atom. The summed E-state index contributed by atoms with van der Waals surface area (Å²) < 4.78 is 13.6. The van der Waals surface area contributed by atoms with Crippen LogP contribution in [0.2, 0.25) is 0 Å². The van der Waals surface area contributed by atoms with Crippen molar-refractivity contribution in [2.45, 2.75) is 18.9 Å². The number of benzene rings is 2. The first-order chi connectivity index (χ1) is 11.7. The van der Waals surface area contributed by atoms with E-state index in [2.05, 4.69) is 5.32 Å². The number of rotatable bonds is 4. The molecule has 0 spiro atoms. The highest BCUT2D eigenvalue weighted by Gasteiger charge is 2.29. The van der Waals surface area contributed by atoms with Crippen molar-refractivity contribution in [2.75, 3.05) is 13.1 Å². The summed E-state index contributed by atoms with van der Waals surface area (Å²) in [5.41, 5.74) is 1.05. The molecule has 1 aliphatic heterocycles. The van der Waals surface area contributed by atoms with Gasteiger partial charge < -0.3 is 10.2 Å². The van der Waals surface area contributed by atoms with Gasteiger partial charge in [-0.3, -0.25) is 9.59 Å². The first-order valence-corrected chi connectivity index (χ1v) is 8.04. The minimum absolute atomic E-state index is 0.0454. The highest BCUT2D eigenvalue weighted by atomic mass is 19.1. The van der Waals surface area contributed by atoms with E-state index >= 15 is 0 Å². The maximum absolute atomic E-state index is 13.6. The highest BCUT2D eigenvalue weighted by molar-refractivity contribution is 5.96. The number of carbonyl (C=O) groups is 2. The van der Waals surface area contributed by atoms with Crippen LogP contribution in [0.3, 0.4) is 0 Å². The van der Waals surface area contributed by atoms with Crippen LogP contribution in [0.5, 0.6) is 0 Å². The SMILES string of the molecule is O=C(NCC(=O)N1CCC[C@H]1c1ccccc1)c1ccccc1F. The molecular formula is C19H19FN2O2. The predicted octanol–water partition coefficient (Wildman–Crippen LogP) is 2.92. The lowest BCUT2D eigenvalue weighted by molar-refractivity contribution is -0.131. The van der Waals surface area contributed by atoms with Gasteiger partial charge in [-0.1, -0.05) is 42.5 Å². The van der Waals surface area contributed by atoms with E-state index in [-0.39, 0.29) is 24.1 Å². The Balaban J connectivity index is 1.62. The molecule has 1 heterocycles. The summed E-state index contributed by atoms with van der Waals surface area (Å²) in [5.74, 6) is -1.31. The molecule has 5 heteroatoms. The van der Waals surface area contributed by atoms with Crippen LogP contribution >= 0.6 is 0 Å². The largest absolute Gasteiger partial charge is 0.343 e. The molecule has 2 aromatic carbocycles. The molecule has 1 atom stereocenters. The predicted molar refractivity (Wildman–Crippen MR) is 88.9 cm³/mol. The second-order valence-electron chi connectivity index (χ2n) is 5.82. The molecular weight excluding hydrogens is 307 g/mol. The van der Waals surface area contributed by atoms with E-state index in [4.69, 9.17) is 0 Å². The Labute approximate surface area is 140 Å². The zero-order valence-corrected chi connectivity index (χ0v) is 13.2. The van der Waals surface area contributed by atoms with Gasteiger partial charge >= 0.3 is 0 Å². The van der Waals surface area contributed by atoms with Gasteiger partial charge in [0.1, 0.15) is 5.82 Å². The first kappa shape index (κ1) is 16.2. The fraction of sp³-hybridized carbons (Fsp3) is 0.263. The molecule has 2 aromatic rings. The molecule has 1 saturated heterocycles. The molecule has 0 aromatic heterocycles. The third-order valence-corrected chi connectivity index (χ3v) is 4.28. The summed E-state index contributed by atoms with van der Waals surface area (Å²) >= 11 is 0. The minimum atomic E-state index is -0.592. The Morgan fingerprint density at radius 3 is 2.54 bits per heavy atom. The molecule has 0 unspecified atom stereocenters. The topological polar surface area (TPSA) is 49.4 Å². The number of hydrogen-bond acceptors (Lipinski definition) is 2. The summed E-state index contributed by atoms with van der Waals surface area (Å²) in [6.07, 6.45) is 1.85. The average molecular weight is 326 g/mol. The fourth-order valence-electron chi connectivity index (χ4n) is 3.08. The third kappa shape index (κ3) is 3.45. The summed E-state index contributed by atoms with van der Waals surface area (Å²) in [6.45, 7) is 0.546. The van der Waals surface area contributed by atoms with Crippen LogP contribution in [0.4, 0.5) is 4.39 Å². The van der Waals surface area contributed by atoms with Crippen molar-refractivity contribution >= 4 is 11.8 Å². The van der Waals surface area contributed by atoms with E-state index < -0.39 is 11.7 Å². The average Bonchev–Trinajstić information content (AvgIpc) is 3.10. The van der Waals surface area contributed by atoms with Gasteiger partial charge in [0.05, 0.1) is 18.2 Å². The lowest BCUT2D eigenvalue weighted by atomic mass is 10.0. The normalized spacial score (nSPS) is 16.9. The number of amides is 2. The van der Waals surface area contributed by atoms with Crippen molar-refractivity contribution in [3.8, 4) is 0 Å². The van der Waals surface area contributed by atoms with Gasteiger partial charge in [0, 0.05) is 6.54 Å². The van der Waals surface area contributed by atoms with E-state index in [1.54, 1.807) is 11.0 Å². The lowest BCUT2D eigenvalue weighted by Crippen LogP contribution is -2.40. The maximum Gasteiger partial charge on any atom is 0.254 e. The van der Waals surface area contributed by atoms with Crippen molar-refractivity contribution in [1.29, 1.82) is 0 Å². The molecule has 1 fully saturated rings. The zero-order chi connectivity index (χ0) is 16.9. The van der Waals surface area contributed by atoms with Crippen molar-refractivity contribution < 1.29 is 14.0 Å². The second-order valence-corrected chi connectivity index (χ2v) is 5.82. The van der Waals surface area contributed by atoms with Gasteiger partial charge in [-0.05, 0) is 30.5 Å². The van der Waals surface area contributed by atoms with Crippen molar-refractivity contribution in [2.24, 2.45) is 0 Å². The van der Waals surface area contributed by atoms with Crippen molar-refractivity contribution in [1.82, 2.24) is 10.2 Å². The first-order valence-electron chi connectivity index (χ1n) is 8.04. The molecule has 4 nitrogen and oxygen atoms in total. The van der Waals surface area contributed by atoms with Crippen LogP contribution in [0.1, 0.15) is 34.8 Å². The van der Waals surface area contributed by atoms with Crippen molar-refractivity contribution in [3.63, 3.8) is 0 Å². The summed E-state index contributed by atoms with van der Waals surface area (Å²) in [7, 11) is 0. The molecule has 0 aliphatic carbocycles. The Hall–Kier alpha value is -2.69. The van der Waals surface area contributed by atoms with Crippen LogP contribution < -0.4 is 5.32 Å². The van der Waals surface area contributed by atoms with Crippen molar-refractivity contribution in [3.05, 3.63) is 71.5 Å². The van der Waals surface area contributed by atoms with E-state index in [1.807, 2.05) is 30.3 Å². The Morgan fingerprint density at radius 2 is 1.79 bits per heavy atom. The smallest absolute Gasteiger partial charge is 0.254 e. The molecule has 2 amide bonds. The van der Waals surface area contributed by atoms with Gasteiger partial charge in [-0.2, -0.15) is 0 Å². The van der Waals surface area contributed by atoms with E-state index in [1.165, 1.54) is 18.2 Å². The molecule has 0 radical (unpaired) electrons. The van der Waals surface area contributed by atoms with Gasteiger partial charge in [-0.15, -0.1) is 0 Å². The number of nitrogens with one attached hydrogen (secondary N) is 1. The van der Waals surface area contributed by atoms with Crippen LogP contribution in [0.15, 0.2) is 54.6 Å². The molecule has 0 saturated carbocycles. The molecule has 1 aliphatic rings. The summed E-state index contributed by atoms with van der Waals surface area (Å²) in [5, 5.41) is 2.52. The Kier molecular flexibility index (Phi) is 4.89. The van der Waals surface area contributed by atoms with E-state index in [0.29, 0.717) is 6.54 Å². The molecule has 0 bridgehead atoms. The van der Waals surface area contributed by atoms with E-state index in [0.717, 1.165) is 18.4 Å². The van der Waals surface area contributed by atoms with Gasteiger partial charge in [0.15, 0.2) is 0 Å².